The van der Waals surface area contributed by atoms with Crippen LogP contribution in [-0.2, 0) is 0 Å². The van der Waals surface area contributed by atoms with E-state index in [-0.39, 0.29) is 12.7 Å². The number of H-pyrrole nitrogens is 1. The van der Waals surface area contributed by atoms with Gasteiger partial charge >= 0.3 is 0 Å². The minimum absolute atomic E-state index is 0.226. The minimum atomic E-state index is -0.262. The van der Waals surface area contributed by atoms with Gasteiger partial charge in [-0.2, -0.15) is 5.10 Å². The normalized spacial score (nSPS) is 16.3. The molecule has 0 radical (unpaired) electrons. The van der Waals surface area contributed by atoms with E-state index in [2.05, 4.69) is 37.8 Å². The number of nitrogens with one attached hydrogen (secondary N) is 3. The van der Waals surface area contributed by atoms with Crippen LogP contribution in [0, 0.1) is 0 Å². The molecule has 2 aromatic heterocycles. The van der Waals surface area contributed by atoms with Crippen LogP contribution in [0.2, 0.25) is 0 Å². The number of carbonyl (C=O) groups excluding carboxylic acids is 1. The number of aromatic amines is 1. The highest BCUT2D eigenvalue weighted by Gasteiger charge is 2.18. The first-order chi connectivity index (χ1) is 15.1. The van der Waals surface area contributed by atoms with Crippen LogP contribution in [0.3, 0.4) is 0 Å². The van der Waals surface area contributed by atoms with Gasteiger partial charge in [0.25, 0.3) is 5.91 Å². The van der Waals surface area contributed by atoms with Crippen LogP contribution in [0.25, 0.3) is 11.3 Å². The van der Waals surface area contributed by atoms with Gasteiger partial charge in [0.15, 0.2) is 17.3 Å². The molecule has 0 saturated carbocycles. The highest BCUT2D eigenvalue weighted by Crippen LogP contribution is 2.35. The van der Waals surface area contributed by atoms with Gasteiger partial charge in [0.1, 0.15) is 5.82 Å². The van der Waals surface area contributed by atoms with Crippen LogP contribution in [0.5, 0.6) is 11.5 Å². The van der Waals surface area contributed by atoms with Crippen molar-refractivity contribution in [3.63, 3.8) is 0 Å². The Morgan fingerprint density at radius 3 is 2.74 bits per heavy atom. The van der Waals surface area contributed by atoms with Gasteiger partial charge in [-0.15, -0.1) is 0 Å². The summed E-state index contributed by atoms with van der Waals surface area (Å²) < 4.78 is 10.7. The van der Waals surface area contributed by atoms with Gasteiger partial charge in [-0.05, 0) is 63.3 Å². The summed E-state index contributed by atoms with van der Waals surface area (Å²) in [5.74, 6) is 2.37. The summed E-state index contributed by atoms with van der Waals surface area (Å²) in [5.41, 5.74) is 2.13. The summed E-state index contributed by atoms with van der Waals surface area (Å²) in [6.07, 6.45) is 3.76. The highest BCUT2D eigenvalue weighted by atomic mass is 16.7. The number of pyridine rings is 1. The Balaban J connectivity index is 1.20. The zero-order valence-corrected chi connectivity index (χ0v) is 17.2. The predicted molar refractivity (Wildman–Crippen MR) is 116 cm³/mol. The van der Waals surface area contributed by atoms with Crippen LogP contribution in [0.15, 0.2) is 42.6 Å². The number of piperidine rings is 1. The molecule has 4 heterocycles. The lowest BCUT2D eigenvalue weighted by Gasteiger charge is -2.29. The fraction of sp³-hybridized carbons (Fsp3) is 0.318. The second kappa shape index (κ2) is 8.27. The fourth-order valence-corrected chi connectivity index (χ4v) is 3.76. The Morgan fingerprint density at radius 2 is 1.94 bits per heavy atom. The standard InChI is InChI=1S/C22H24N6O3/c1-28-8-6-16(7-9-28)24-20-5-3-15(12-23-20)22(29)25-21-11-17(26-27-21)14-2-4-18-19(10-14)31-13-30-18/h2-5,10-12,16H,6-9,13H2,1H3,(H,23,24)(H2,25,26,27,29). The predicted octanol–water partition coefficient (Wildman–Crippen LogP) is 2.96. The monoisotopic (exact) mass is 420 g/mol. The van der Waals surface area contributed by atoms with E-state index in [0.29, 0.717) is 23.2 Å². The van der Waals surface area contributed by atoms with Gasteiger partial charge < -0.3 is 25.0 Å². The van der Waals surface area contributed by atoms with E-state index in [1.807, 2.05) is 24.3 Å². The van der Waals surface area contributed by atoms with Crippen LogP contribution in [-0.4, -0.2) is 59.0 Å². The molecule has 9 nitrogen and oxygen atoms in total. The molecule has 0 unspecified atom stereocenters. The Hall–Kier alpha value is -3.59. The maximum Gasteiger partial charge on any atom is 0.258 e. The van der Waals surface area contributed by atoms with Gasteiger partial charge in [-0.1, -0.05) is 0 Å². The molecular formula is C22H24N6O3. The van der Waals surface area contributed by atoms with Gasteiger partial charge in [0, 0.05) is 23.9 Å². The lowest BCUT2D eigenvalue weighted by molar-refractivity contribution is 0.102. The highest BCUT2D eigenvalue weighted by molar-refractivity contribution is 6.03. The van der Waals surface area contributed by atoms with Crippen LogP contribution in [0.1, 0.15) is 23.2 Å². The van der Waals surface area contributed by atoms with Crippen molar-refractivity contribution in [3.8, 4) is 22.8 Å². The summed E-state index contributed by atoms with van der Waals surface area (Å²) >= 11 is 0. The van der Waals surface area contributed by atoms with Gasteiger partial charge in [0.2, 0.25) is 6.79 Å². The van der Waals surface area contributed by atoms with Crippen LogP contribution < -0.4 is 20.1 Å². The Bertz CT molecular complexity index is 1070. The number of aromatic nitrogens is 3. The van der Waals surface area contributed by atoms with Crippen molar-refractivity contribution in [2.45, 2.75) is 18.9 Å². The zero-order valence-electron chi connectivity index (χ0n) is 17.2. The quantitative estimate of drug-likeness (QED) is 0.583. The first-order valence-corrected chi connectivity index (χ1v) is 10.3. The SMILES string of the molecule is CN1CCC(Nc2ccc(C(=O)Nc3cc(-c4ccc5c(c4)OCO5)[nH]n3)cn2)CC1. The van der Waals surface area contributed by atoms with Crippen molar-refractivity contribution in [2.24, 2.45) is 0 Å². The molecule has 0 spiro atoms. The number of benzene rings is 1. The van der Waals surface area contributed by atoms with E-state index < -0.39 is 0 Å². The second-order valence-electron chi connectivity index (χ2n) is 7.84. The minimum Gasteiger partial charge on any atom is -0.454 e. The lowest BCUT2D eigenvalue weighted by atomic mass is 10.1. The van der Waals surface area contributed by atoms with Crippen molar-refractivity contribution >= 4 is 17.5 Å². The van der Waals surface area contributed by atoms with Gasteiger partial charge in [-0.25, -0.2) is 4.98 Å². The summed E-state index contributed by atoms with van der Waals surface area (Å²) in [4.78, 5) is 19.3. The molecule has 5 rings (SSSR count). The van der Waals surface area contributed by atoms with Gasteiger partial charge in [0.05, 0.1) is 11.3 Å². The number of rotatable bonds is 5. The van der Waals surface area contributed by atoms with E-state index in [9.17, 15) is 4.79 Å². The Kier molecular flexibility index (Phi) is 5.17. The zero-order chi connectivity index (χ0) is 21.2. The molecule has 0 atom stereocenters. The number of hydrogen-bond donors (Lipinski definition) is 3. The van der Waals surface area contributed by atoms with Crippen molar-refractivity contribution in [1.82, 2.24) is 20.1 Å². The molecule has 0 bridgehead atoms. The number of fused-ring (bicyclic) bond motifs is 1. The third-order valence-electron chi connectivity index (χ3n) is 5.60. The molecule has 9 heteroatoms. The number of carbonyl (C=O) groups is 1. The third kappa shape index (κ3) is 4.31. The molecule has 31 heavy (non-hydrogen) atoms. The molecular weight excluding hydrogens is 396 g/mol. The first kappa shape index (κ1) is 19.4. The number of ether oxygens (including phenoxy) is 2. The van der Waals surface area contributed by atoms with E-state index >= 15 is 0 Å². The maximum atomic E-state index is 12.6. The van der Waals surface area contributed by atoms with E-state index in [4.69, 9.17) is 9.47 Å². The molecule has 3 aromatic rings. The largest absolute Gasteiger partial charge is 0.454 e. The lowest BCUT2D eigenvalue weighted by Crippen LogP contribution is -2.36. The van der Waals surface area contributed by atoms with Crippen molar-refractivity contribution in [2.75, 3.05) is 37.6 Å². The number of anilines is 2. The van der Waals surface area contributed by atoms with Crippen LogP contribution in [0.4, 0.5) is 11.6 Å². The van der Waals surface area contributed by atoms with E-state index in [0.717, 1.165) is 48.8 Å². The summed E-state index contributed by atoms with van der Waals surface area (Å²) in [5, 5.41) is 13.4. The van der Waals surface area contributed by atoms with E-state index in [1.165, 1.54) is 0 Å². The molecule has 0 aliphatic carbocycles. The maximum absolute atomic E-state index is 12.6. The molecule has 1 aromatic carbocycles. The Labute approximate surface area is 179 Å². The summed E-state index contributed by atoms with van der Waals surface area (Å²) in [6, 6.07) is 11.4. The topological polar surface area (TPSA) is 104 Å². The summed E-state index contributed by atoms with van der Waals surface area (Å²) in [7, 11) is 2.14. The van der Waals surface area contributed by atoms with Crippen molar-refractivity contribution in [1.29, 1.82) is 0 Å². The van der Waals surface area contributed by atoms with E-state index in [1.54, 1.807) is 18.3 Å². The molecule has 160 valence electrons. The molecule has 3 N–H and O–H groups in total. The number of nitrogens with zero attached hydrogens (tertiary/aromatic N) is 3. The fourth-order valence-electron chi connectivity index (χ4n) is 3.76. The molecule has 1 saturated heterocycles. The van der Waals surface area contributed by atoms with Crippen LogP contribution >= 0.6 is 0 Å². The smallest absolute Gasteiger partial charge is 0.258 e. The first-order valence-electron chi connectivity index (χ1n) is 10.3. The number of likely N-dealkylation sites (tertiary alicyclic amines) is 1. The average Bonchev–Trinajstić information content (AvgIpc) is 3.45. The van der Waals surface area contributed by atoms with Crippen molar-refractivity contribution in [3.05, 3.63) is 48.2 Å². The molecule has 2 aliphatic rings. The number of amides is 1. The molecule has 1 fully saturated rings. The van der Waals surface area contributed by atoms with Gasteiger partial charge in [-0.3, -0.25) is 9.89 Å². The third-order valence-corrected chi connectivity index (χ3v) is 5.60. The summed E-state index contributed by atoms with van der Waals surface area (Å²) in [6.45, 7) is 2.38. The number of hydrogen-bond acceptors (Lipinski definition) is 7. The Morgan fingerprint density at radius 1 is 1.10 bits per heavy atom. The van der Waals surface area contributed by atoms with Crippen molar-refractivity contribution < 1.29 is 14.3 Å². The molecule has 1 amide bonds. The molecule has 2 aliphatic heterocycles. The average molecular weight is 420 g/mol. The second-order valence-corrected chi connectivity index (χ2v) is 7.84.